The summed E-state index contributed by atoms with van der Waals surface area (Å²) in [5.41, 5.74) is 5.47. The molecule has 2 N–H and O–H groups in total. The first-order valence-corrected chi connectivity index (χ1v) is 4.42. The Kier molecular flexibility index (Phi) is 3.98. The van der Waals surface area contributed by atoms with Gasteiger partial charge in [0, 0.05) is 19.7 Å². The van der Waals surface area contributed by atoms with E-state index in [1.807, 2.05) is 0 Å². The van der Waals surface area contributed by atoms with E-state index in [1.54, 1.807) is 4.90 Å². The lowest BCUT2D eigenvalue weighted by molar-refractivity contribution is 0.0573. The highest BCUT2D eigenvalue weighted by atomic mass is 16.5. The molecule has 5 nitrogen and oxygen atoms in total. The minimum Gasteiger partial charge on any atom is -0.453 e. The van der Waals surface area contributed by atoms with Crippen LogP contribution in [0.3, 0.4) is 0 Å². The van der Waals surface area contributed by atoms with E-state index in [4.69, 9.17) is 10.5 Å². The molecule has 1 amide bonds. The first-order valence-electron chi connectivity index (χ1n) is 4.42. The zero-order valence-corrected chi connectivity index (χ0v) is 7.86. The van der Waals surface area contributed by atoms with Crippen LogP contribution < -0.4 is 5.73 Å². The van der Waals surface area contributed by atoms with Crippen molar-refractivity contribution in [1.82, 2.24) is 4.90 Å². The monoisotopic (exact) mass is 188 g/mol. The summed E-state index contributed by atoms with van der Waals surface area (Å²) in [6, 6.07) is 0. The summed E-state index contributed by atoms with van der Waals surface area (Å²) in [4.78, 5) is 12.8. The smallest absolute Gasteiger partial charge is 0.409 e. The molecule has 1 atom stereocenters. The summed E-state index contributed by atoms with van der Waals surface area (Å²) in [7, 11) is 1.38. The largest absolute Gasteiger partial charge is 0.453 e. The molecule has 0 saturated carbocycles. The average Bonchev–Trinajstić information content (AvgIpc) is 2.41. The van der Waals surface area contributed by atoms with Crippen molar-refractivity contribution in [3.63, 3.8) is 0 Å². The topological polar surface area (TPSA) is 64.8 Å². The predicted octanol–water partition coefficient (Wildman–Crippen LogP) is -0.198. The van der Waals surface area contributed by atoms with Gasteiger partial charge in [0.25, 0.3) is 0 Å². The van der Waals surface area contributed by atoms with Crippen molar-refractivity contribution in [2.75, 3.05) is 33.4 Å². The van der Waals surface area contributed by atoms with E-state index in [9.17, 15) is 4.79 Å². The van der Waals surface area contributed by atoms with E-state index >= 15 is 0 Å². The fraction of sp³-hybridized carbons (Fsp3) is 0.875. The number of rotatable bonds is 1. The Hall–Kier alpha value is -0.810. The minimum absolute atomic E-state index is 0.0541. The molecule has 0 aromatic rings. The highest BCUT2D eigenvalue weighted by Crippen LogP contribution is 2.05. The van der Waals surface area contributed by atoms with E-state index in [2.05, 4.69) is 4.74 Å². The van der Waals surface area contributed by atoms with E-state index in [0.717, 1.165) is 6.42 Å². The lowest BCUT2D eigenvalue weighted by Crippen LogP contribution is -2.39. The Bertz CT molecular complexity index is 175. The maximum Gasteiger partial charge on any atom is 0.409 e. The van der Waals surface area contributed by atoms with Crippen LogP contribution in [0.4, 0.5) is 4.79 Å². The summed E-state index contributed by atoms with van der Waals surface area (Å²) >= 11 is 0. The van der Waals surface area contributed by atoms with Gasteiger partial charge in [-0.05, 0) is 6.42 Å². The maximum absolute atomic E-state index is 11.2. The van der Waals surface area contributed by atoms with Gasteiger partial charge in [0.2, 0.25) is 0 Å². The quantitative estimate of drug-likeness (QED) is 0.619. The molecule has 0 aromatic carbocycles. The van der Waals surface area contributed by atoms with Gasteiger partial charge in [-0.3, -0.25) is 0 Å². The van der Waals surface area contributed by atoms with Crippen molar-refractivity contribution in [3.05, 3.63) is 0 Å². The number of hydrogen-bond donors (Lipinski definition) is 1. The Morgan fingerprint density at radius 3 is 3.15 bits per heavy atom. The molecule has 76 valence electrons. The van der Waals surface area contributed by atoms with Crippen LogP contribution >= 0.6 is 0 Å². The zero-order valence-electron chi connectivity index (χ0n) is 7.86. The number of ether oxygens (including phenoxy) is 2. The van der Waals surface area contributed by atoms with Crippen LogP contribution in [0.1, 0.15) is 6.42 Å². The van der Waals surface area contributed by atoms with Crippen LogP contribution in [0.25, 0.3) is 0 Å². The van der Waals surface area contributed by atoms with Crippen molar-refractivity contribution in [2.24, 2.45) is 5.73 Å². The molecule has 1 rings (SSSR count). The van der Waals surface area contributed by atoms with Crippen molar-refractivity contribution in [1.29, 1.82) is 0 Å². The van der Waals surface area contributed by atoms with E-state index in [-0.39, 0.29) is 12.2 Å². The molecule has 0 bridgehead atoms. The molecular formula is C8H16N2O3. The second-order valence-corrected chi connectivity index (χ2v) is 3.00. The van der Waals surface area contributed by atoms with Gasteiger partial charge < -0.3 is 20.1 Å². The molecule has 1 fully saturated rings. The third kappa shape index (κ3) is 2.86. The van der Waals surface area contributed by atoms with Crippen LogP contribution in [-0.2, 0) is 9.47 Å². The van der Waals surface area contributed by atoms with Crippen LogP contribution in [0.15, 0.2) is 0 Å². The Morgan fingerprint density at radius 1 is 1.77 bits per heavy atom. The first kappa shape index (κ1) is 10.3. The van der Waals surface area contributed by atoms with Gasteiger partial charge in [-0.1, -0.05) is 0 Å². The predicted molar refractivity (Wildman–Crippen MR) is 47.4 cm³/mol. The van der Waals surface area contributed by atoms with Gasteiger partial charge in [-0.2, -0.15) is 0 Å². The van der Waals surface area contributed by atoms with Gasteiger partial charge in [0.05, 0.1) is 19.8 Å². The number of carbonyl (C=O) groups excluding carboxylic acids is 1. The van der Waals surface area contributed by atoms with Gasteiger partial charge in [-0.15, -0.1) is 0 Å². The number of carbonyl (C=O) groups is 1. The minimum atomic E-state index is -0.302. The van der Waals surface area contributed by atoms with Crippen LogP contribution in [0, 0.1) is 0 Å². The van der Waals surface area contributed by atoms with Gasteiger partial charge in [-0.25, -0.2) is 4.79 Å². The molecule has 0 aliphatic carbocycles. The molecule has 5 heteroatoms. The standard InChI is InChI=1S/C8H16N2O3/c1-12-8(11)10-3-2-4-13-7(5-9)6-10/h7H,2-6,9H2,1H3. The molecule has 1 unspecified atom stereocenters. The van der Waals surface area contributed by atoms with Gasteiger partial charge in [0.1, 0.15) is 0 Å². The highest BCUT2D eigenvalue weighted by Gasteiger charge is 2.21. The number of hydrogen-bond acceptors (Lipinski definition) is 4. The Labute approximate surface area is 77.8 Å². The summed E-state index contributed by atoms with van der Waals surface area (Å²) in [6.45, 7) is 2.31. The second kappa shape index (κ2) is 5.04. The first-order chi connectivity index (χ1) is 6.27. The summed E-state index contributed by atoms with van der Waals surface area (Å²) in [5.74, 6) is 0. The number of nitrogens with zero attached hydrogens (tertiary/aromatic N) is 1. The molecule has 1 saturated heterocycles. The molecule has 13 heavy (non-hydrogen) atoms. The SMILES string of the molecule is COC(=O)N1CCCOC(CN)C1. The van der Waals surface area contributed by atoms with Crippen molar-refractivity contribution < 1.29 is 14.3 Å². The molecule has 1 heterocycles. The van der Waals surface area contributed by atoms with E-state index < -0.39 is 0 Å². The fourth-order valence-corrected chi connectivity index (χ4v) is 1.33. The normalized spacial score (nSPS) is 23.8. The zero-order chi connectivity index (χ0) is 9.68. The molecule has 0 spiro atoms. The Morgan fingerprint density at radius 2 is 2.54 bits per heavy atom. The number of amides is 1. The molecule has 1 aliphatic heterocycles. The lowest BCUT2D eigenvalue weighted by atomic mass is 10.3. The second-order valence-electron chi connectivity index (χ2n) is 3.00. The fourth-order valence-electron chi connectivity index (χ4n) is 1.33. The van der Waals surface area contributed by atoms with Crippen LogP contribution in [0.2, 0.25) is 0 Å². The lowest BCUT2D eigenvalue weighted by Gasteiger charge is -2.21. The molecular weight excluding hydrogens is 172 g/mol. The number of methoxy groups -OCH3 is 1. The maximum atomic E-state index is 11.2. The van der Waals surface area contributed by atoms with Crippen molar-refractivity contribution >= 4 is 6.09 Å². The van der Waals surface area contributed by atoms with Gasteiger partial charge >= 0.3 is 6.09 Å². The summed E-state index contributed by atoms with van der Waals surface area (Å²) in [6.07, 6.45) is 0.483. The highest BCUT2D eigenvalue weighted by molar-refractivity contribution is 5.67. The summed E-state index contributed by atoms with van der Waals surface area (Å²) in [5, 5.41) is 0. The third-order valence-corrected chi connectivity index (χ3v) is 2.05. The van der Waals surface area contributed by atoms with Crippen LogP contribution in [-0.4, -0.2) is 50.4 Å². The van der Waals surface area contributed by atoms with E-state index in [0.29, 0.717) is 26.2 Å². The van der Waals surface area contributed by atoms with Crippen molar-refractivity contribution in [3.8, 4) is 0 Å². The molecule has 0 radical (unpaired) electrons. The number of nitrogens with two attached hydrogens (primary N) is 1. The molecule has 0 aromatic heterocycles. The average molecular weight is 188 g/mol. The van der Waals surface area contributed by atoms with E-state index in [1.165, 1.54) is 7.11 Å². The third-order valence-electron chi connectivity index (χ3n) is 2.05. The van der Waals surface area contributed by atoms with Crippen LogP contribution in [0.5, 0.6) is 0 Å². The van der Waals surface area contributed by atoms with Gasteiger partial charge in [0.15, 0.2) is 0 Å². The summed E-state index contributed by atoms with van der Waals surface area (Å²) < 4.78 is 10.0. The van der Waals surface area contributed by atoms with Crippen molar-refractivity contribution in [2.45, 2.75) is 12.5 Å². The molecule has 1 aliphatic rings. The Balaban J connectivity index is 2.48.